The highest BCUT2D eigenvalue weighted by Gasteiger charge is 2.07. The standard InChI is InChI=1S/C14H19N3O3/c1-15-14-16-12-6-4-3-5-11(12)13(17-14)20-10-9-19-8-7-18-2/h3-6H,7-10H2,1-2H3,(H,15,16,17). The third-order valence-electron chi connectivity index (χ3n) is 2.69. The Kier molecular flexibility index (Phi) is 5.52. The Morgan fingerprint density at radius 2 is 1.85 bits per heavy atom. The van der Waals surface area contributed by atoms with Crippen molar-refractivity contribution in [2.45, 2.75) is 0 Å². The van der Waals surface area contributed by atoms with E-state index in [1.807, 2.05) is 24.3 Å². The first-order valence-electron chi connectivity index (χ1n) is 6.49. The second kappa shape index (κ2) is 7.62. The van der Waals surface area contributed by atoms with Crippen molar-refractivity contribution in [2.24, 2.45) is 0 Å². The zero-order valence-electron chi connectivity index (χ0n) is 11.8. The highest BCUT2D eigenvalue weighted by Crippen LogP contribution is 2.23. The molecule has 0 atom stereocenters. The summed E-state index contributed by atoms with van der Waals surface area (Å²) in [6, 6.07) is 7.74. The molecule has 0 spiro atoms. The predicted molar refractivity (Wildman–Crippen MR) is 77.3 cm³/mol. The number of methoxy groups -OCH3 is 1. The average Bonchev–Trinajstić information content (AvgIpc) is 2.50. The lowest BCUT2D eigenvalue weighted by molar-refractivity contribution is 0.0540. The summed E-state index contributed by atoms with van der Waals surface area (Å²) in [5.41, 5.74) is 0.849. The first kappa shape index (κ1) is 14.5. The Bertz CT molecular complexity index is 548. The monoisotopic (exact) mass is 277 g/mol. The highest BCUT2D eigenvalue weighted by atomic mass is 16.5. The highest BCUT2D eigenvalue weighted by molar-refractivity contribution is 5.84. The smallest absolute Gasteiger partial charge is 0.226 e. The van der Waals surface area contributed by atoms with Gasteiger partial charge in [-0.2, -0.15) is 4.98 Å². The normalized spacial score (nSPS) is 10.7. The SMILES string of the molecule is CNc1nc(OCCOCCOC)c2ccccc2n1. The number of para-hydroxylation sites is 1. The Hall–Kier alpha value is -1.92. The van der Waals surface area contributed by atoms with Crippen molar-refractivity contribution >= 4 is 16.9 Å². The van der Waals surface area contributed by atoms with E-state index in [9.17, 15) is 0 Å². The summed E-state index contributed by atoms with van der Waals surface area (Å²) in [7, 11) is 3.42. The maximum absolute atomic E-state index is 5.69. The topological polar surface area (TPSA) is 65.5 Å². The van der Waals surface area contributed by atoms with Gasteiger partial charge >= 0.3 is 0 Å². The molecular weight excluding hydrogens is 258 g/mol. The van der Waals surface area contributed by atoms with Gasteiger partial charge in [-0.25, -0.2) is 4.98 Å². The van der Waals surface area contributed by atoms with Crippen LogP contribution < -0.4 is 10.1 Å². The van der Waals surface area contributed by atoms with Gasteiger partial charge in [-0.15, -0.1) is 0 Å². The van der Waals surface area contributed by atoms with Crippen LogP contribution in [0.15, 0.2) is 24.3 Å². The van der Waals surface area contributed by atoms with Crippen LogP contribution in [0.3, 0.4) is 0 Å². The van der Waals surface area contributed by atoms with Crippen LogP contribution in [-0.4, -0.2) is 50.6 Å². The number of aromatic nitrogens is 2. The Balaban J connectivity index is 2.01. The molecule has 1 N–H and O–H groups in total. The molecule has 0 aliphatic carbocycles. The number of hydrogen-bond donors (Lipinski definition) is 1. The first-order chi connectivity index (χ1) is 9.85. The summed E-state index contributed by atoms with van der Waals surface area (Å²) in [6.45, 7) is 2.08. The van der Waals surface area contributed by atoms with Crippen molar-refractivity contribution in [3.05, 3.63) is 24.3 Å². The molecule has 0 bridgehead atoms. The van der Waals surface area contributed by atoms with Gasteiger partial charge in [-0.1, -0.05) is 12.1 Å². The van der Waals surface area contributed by atoms with Crippen LogP contribution in [0.25, 0.3) is 10.9 Å². The van der Waals surface area contributed by atoms with E-state index in [0.29, 0.717) is 38.3 Å². The fourth-order valence-electron chi connectivity index (χ4n) is 1.71. The molecule has 2 aromatic rings. The van der Waals surface area contributed by atoms with E-state index in [1.165, 1.54) is 0 Å². The molecule has 0 saturated carbocycles. The van der Waals surface area contributed by atoms with Crippen molar-refractivity contribution in [2.75, 3.05) is 45.9 Å². The fourth-order valence-corrected chi connectivity index (χ4v) is 1.71. The largest absolute Gasteiger partial charge is 0.475 e. The Morgan fingerprint density at radius 1 is 1.05 bits per heavy atom. The minimum absolute atomic E-state index is 0.438. The molecular formula is C14H19N3O3. The molecule has 108 valence electrons. The molecule has 0 radical (unpaired) electrons. The van der Waals surface area contributed by atoms with Gasteiger partial charge in [-0.3, -0.25) is 0 Å². The molecule has 20 heavy (non-hydrogen) atoms. The zero-order valence-corrected chi connectivity index (χ0v) is 11.8. The van der Waals surface area contributed by atoms with Gasteiger partial charge in [-0.05, 0) is 12.1 Å². The van der Waals surface area contributed by atoms with Gasteiger partial charge in [0.05, 0.1) is 30.7 Å². The van der Waals surface area contributed by atoms with E-state index in [-0.39, 0.29) is 0 Å². The lowest BCUT2D eigenvalue weighted by Crippen LogP contribution is -2.11. The van der Waals surface area contributed by atoms with Crippen LogP contribution in [0.1, 0.15) is 0 Å². The van der Waals surface area contributed by atoms with Gasteiger partial charge < -0.3 is 19.5 Å². The van der Waals surface area contributed by atoms with Crippen molar-refractivity contribution < 1.29 is 14.2 Å². The number of nitrogens with zero attached hydrogens (tertiary/aromatic N) is 2. The minimum atomic E-state index is 0.438. The lowest BCUT2D eigenvalue weighted by atomic mass is 10.2. The van der Waals surface area contributed by atoms with Crippen LogP contribution in [-0.2, 0) is 9.47 Å². The van der Waals surface area contributed by atoms with Gasteiger partial charge in [0.15, 0.2) is 0 Å². The van der Waals surface area contributed by atoms with Crippen LogP contribution in [0.5, 0.6) is 5.88 Å². The number of nitrogens with one attached hydrogen (secondary N) is 1. The van der Waals surface area contributed by atoms with E-state index in [1.54, 1.807) is 14.2 Å². The molecule has 1 aromatic carbocycles. The summed E-state index contributed by atoms with van der Waals surface area (Å²) < 4.78 is 15.9. The van der Waals surface area contributed by atoms with E-state index in [4.69, 9.17) is 14.2 Å². The van der Waals surface area contributed by atoms with E-state index in [2.05, 4.69) is 15.3 Å². The molecule has 1 aromatic heterocycles. The average molecular weight is 277 g/mol. The summed E-state index contributed by atoms with van der Waals surface area (Å²) in [5, 5.41) is 3.82. The maximum atomic E-state index is 5.69. The Morgan fingerprint density at radius 3 is 2.65 bits per heavy atom. The lowest BCUT2D eigenvalue weighted by Gasteiger charge is -2.10. The quantitative estimate of drug-likeness (QED) is 0.741. The van der Waals surface area contributed by atoms with Crippen molar-refractivity contribution in [3.63, 3.8) is 0 Å². The molecule has 1 heterocycles. The molecule has 6 heteroatoms. The summed E-state index contributed by atoms with van der Waals surface area (Å²) in [6.07, 6.45) is 0. The maximum Gasteiger partial charge on any atom is 0.226 e. The van der Waals surface area contributed by atoms with E-state index in [0.717, 1.165) is 10.9 Å². The second-order valence-corrected chi connectivity index (χ2v) is 4.07. The van der Waals surface area contributed by atoms with Crippen LogP contribution in [0.2, 0.25) is 0 Å². The van der Waals surface area contributed by atoms with Gasteiger partial charge in [0.1, 0.15) is 6.61 Å². The molecule has 0 saturated heterocycles. The summed E-state index contributed by atoms with van der Waals surface area (Å²) in [5.74, 6) is 1.11. The van der Waals surface area contributed by atoms with Crippen molar-refractivity contribution in [1.29, 1.82) is 0 Å². The summed E-state index contributed by atoms with van der Waals surface area (Å²) in [4.78, 5) is 8.70. The molecule has 0 aliphatic rings. The van der Waals surface area contributed by atoms with Gasteiger partial charge in [0, 0.05) is 14.2 Å². The van der Waals surface area contributed by atoms with Gasteiger partial charge in [0.2, 0.25) is 11.8 Å². The number of rotatable bonds is 8. The van der Waals surface area contributed by atoms with Crippen LogP contribution in [0.4, 0.5) is 5.95 Å². The number of hydrogen-bond acceptors (Lipinski definition) is 6. The predicted octanol–water partition coefficient (Wildman–Crippen LogP) is 1.71. The Labute approximate surface area is 118 Å². The number of fused-ring (bicyclic) bond motifs is 1. The van der Waals surface area contributed by atoms with Crippen molar-refractivity contribution in [3.8, 4) is 5.88 Å². The number of benzene rings is 1. The molecule has 2 rings (SSSR count). The van der Waals surface area contributed by atoms with Gasteiger partial charge in [0.25, 0.3) is 0 Å². The molecule has 6 nitrogen and oxygen atoms in total. The third-order valence-corrected chi connectivity index (χ3v) is 2.69. The third kappa shape index (κ3) is 3.79. The molecule has 0 amide bonds. The first-order valence-corrected chi connectivity index (χ1v) is 6.49. The number of ether oxygens (including phenoxy) is 3. The zero-order chi connectivity index (χ0) is 14.2. The molecule has 0 unspecified atom stereocenters. The van der Waals surface area contributed by atoms with E-state index < -0.39 is 0 Å². The second-order valence-electron chi connectivity index (χ2n) is 4.07. The van der Waals surface area contributed by atoms with E-state index >= 15 is 0 Å². The molecule has 0 aliphatic heterocycles. The van der Waals surface area contributed by atoms with Crippen LogP contribution >= 0.6 is 0 Å². The fraction of sp³-hybridized carbons (Fsp3) is 0.429. The van der Waals surface area contributed by atoms with Crippen molar-refractivity contribution in [1.82, 2.24) is 9.97 Å². The molecule has 0 fully saturated rings. The summed E-state index contributed by atoms with van der Waals surface area (Å²) >= 11 is 0. The van der Waals surface area contributed by atoms with Crippen LogP contribution in [0, 0.1) is 0 Å². The minimum Gasteiger partial charge on any atom is -0.475 e. The number of anilines is 1.